The monoisotopic (exact) mass is 312 g/mol. The Bertz CT molecular complexity index is 645. The Balaban J connectivity index is 1.65. The minimum Gasteiger partial charge on any atom is -0.350 e. The summed E-state index contributed by atoms with van der Waals surface area (Å²) in [6.45, 7) is 1.21. The number of nitrogens with one attached hydrogen (secondary N) is 1. The van der Waals surface area contributed by atoms with Crippen LogP contribution in [0.1, 0.15) is 43.2 Å². The van der Waals surface area contributed by atoms with Gasteiger partial charge in [0.1, 0.15) is 0 Å². The molecule has 1 heterocycles. The van der Waals surface area contributed by atoms with E-state index in [4.69, 9.17) is 5.73 Å². The number of aromatic nitrogens is 2. The first-order valence-corrected chi connectivity index (χ1v) is 8.29. The Morgan fingerprint density at radius 2 is 1.91 bits per heavy atom. The largest absolute Gasteiger partial charge is 0.350 e. The number of rotatable bonds is 5. The van der Waals surface area contributed by atoms with Crippen molar-refractivity contribution in [2.24, 2.45) is 5.73 Å². The highest BCUT2D eigenvalue weighted by Crippen LogP contribution is 2.26. The predicted molar refractivity (Wildman–Crippen MR) is 89.6 cm³/mol. The summed E-state index contributed by atoms with van der Waals surface area (Å²) in [4.78, 5) is 12.5. The van der Waals surface area contributed by atoms with Crippen molar-refractivity contribution >= 4 is 5.91 Å². The van der Waals surface area contributed by atoms with Crippen LogP contribution < -0.4 is 11.1 Å². The highest BCUT2D eigenvalue weighted by molar-refractivity contribution is 5.86. The van der Waals surface area contributed by atoms with Gasteiger partial charge >= 0.3 is 0 Å². The van der Waals surface area contributed by atoms with E-state index in [2.05, 4.69) is 16.5 Å². The van der Waals surface area contributed by atoms with E-state index in [1.54, 1.807) is 6.20 Å². The molecule has 0 bridgehead atoms. The lowest BCUT2D eigenvalue weighted by atomic mass is 9.82. The third-order valence-electron chi connectivity index (χ3n) is 4.65. The van der Waals surface area contributed by atoms with Gasteiger partial charge < -0.3 is 11.1 Å². The number of nitrogens with zero attached hydrogens (tertiary/aromatic N) is 2. The molecule has 3 N–H and O–H groups in total. The van der Waals surface area contributed by atoms with Gasteiger partial charge in [-0.15, -0.1) is 0 Å². The van der Waals surface area contributed by atoms with Crippen LogP contribution in [0.3, 0.4) is 0 Å². The standard InChI is InChI=1S/C18H24N4O/c19-18(9-4-1-5-10-18)17(23)20-13-15-7-2-3-8-16(15)14-22-12-6-11-21-22/h2-3,6-8,11-12H,1,4-5,9-10,13-14,19H2,(H,20,23). The summed E-state index contributed by atoms with van der Waals surface area (Å²) in [6, 6.07) is 10.0. The normalized spacial score (nSPS) is 16.9. The van der Waals surface area contributed by atoms with Crippen molar-refractivity contribution in [3.05, 3.63) is 53.9 Å². The molecule has 1 aliphatic carbocycles. The highest BCUT2D eigenvalue weighted by Gasteiger charge is 2.34. The number of benzene rings is 1. The molecule has 0 unspecified atom stereocenters. The summed E-state index contributed by atoms with van der Waals surface area (Å²) in [5.74, 6) is -0.0221. The maximum Gasteiger partial charge on any atom is 0.240 e. The maximum absolute atomic E-state index is 12.5. The summed E-state index contributed by atoms with van der Waals surface area (Å²) < 4.78 is 1.88. The Hall–Kier alpha value is -2.14. The van der Waals surface area contributed by atoms with Crippen LogP contribution >= 0.6 is 0 Å². The fourth-order valence-electron chi connectivity index (χ4n) is 3.21. The van der Waals surface area contributed by atoms with Crippen molar-refractivity contribution in [3.63, 3.8) is 0 Å². The molecule has 3 rings (SSSR count). The highest BCUT2D eigenvalue weighted by atomic mass is 16.2. The lowest BCUT2D eigenvalue weighted by Crippen LogP contribution is -2.54. The van der Waals surface area contributed by atoms with Crippen LogP contribution in [0.15, 0.2) is 42.7 Å². The zero-order chi connectivity index (χ0) is 16.1. The fourth-order valence-corrected chi connectivity index (χ4v) is 3.21. The molecule has 5 nitrogen and oxygen atoms in total. The smallest absolute Gasteiger partial charge is 0.240 e. The summed E-state index contributed by atoms with van der Waals surface area (Å²) in [7, 11) is 0. The molecule has 1 aliphatic rings. The molecule has 0 atom stereocenters. The molecule has 23 heavy (non-hydrogen) atoms. The molecule has 1 aromatic heterocycles. The molecular formula is C18H24N4O. The van der Waals surface area contributed by atoms with Crippen LogP contribution in [-0.4, -0.2) is 21.2 Å². The molecular weight excluding hydrogens is 288 g/mol. The fraction of sp³-hybridized carbons (Fsp3) is 0.444. The molecule has 0 spiro atoms. The van der Waals surface area contributed by atoms with Crippen molar-refractivity contribution in [2.45, 2.75) is 50.7 Å². The van der Waals surface area contributed by atoms with Gasteiger partial charge in [-0.2, -0.15) is 5.10 Å². The molecule has 0 aliphatic heterocycles. The first-order valence-electron chi connectivity index (χ1n) is 8.29. The number of carbonyl (C=O) groups excluding carboxylic acids is 1. The van der Waals surface area contributed by atoms with Gasteiger partial charge in [0.25, 0.3) is 0 Å². The molecule has 5 heteroatoms. The molecule has 2 aromatic rings. The second-order valence-electron chi connectivity index (χ2n) is 6.37. The molecule has 1 aromatic carbocycles. The lowest BCUT2D eigenvalue weighted by molar-refractivity contribution is -0.127. The molecule has 1 fully saturated rings. The Morgan fingerprint density at radius 1 is 1.17 bits per heavy atom. The quantitative estimate of drug-likeness (QED) is 0.889. The zero-order valence-corrected chi connectivity index (χ0v) is 13.4. The van der Waals surface area contributed by atoms with E-state index in [1.807, 2.05) is 35.1 Å². The van der Waals surface area contributed by atoms with E-state index in [-0.39, 0.29) is 5.91 Å². The van der Waals surface area contributed by atoms with E-state index in [0.717, 1.165) is 36.8 Å². The van der Waals surface area contributed by atoms with Crippen LogP contribution in [0, 0.1) is 0 Å². The van der Waals surface area contributed by atoms with Crippen LogP contribution in [0.25, 0.3) is 0 Å². The van der Waals surface area contributed by atoms with Gasteiger partial charge in [-0.3, -0.25) is 9.48 Å². The van der Waals surface area contributed by atoms with Crippen molar-refractivity contribution < 1.29 is 4.79 Å². The second-order valence-corrected chi connectivity index (χ2v) is 6.37. The van der Waals surface area contributed by atoms with Gasteiger partial charge in [0.2, 0.25) is 5.91 Å². The van der Waals surface area contributed by atoms with Crippen LogP contribution in [0.2, 0.25) is 0 Å². The van der Waals surface area contributed by atoms with Gasteiger partial charge in [-0.1, -0.05) is 43.5 Å². The van der Waals surface area contributed by atoms with Gasteiger partial charge in [0.15, 0.2) is 0 Å². The van der Waals surface area contributed by atoms with Gasteiger partial charge in [0, 0.05) is 18.9 Å². The average molecular weight is 312 g/mol. The molecule has 0 saturated heterocycles. The van der Waals surface area contributed by atoms with Crippen LogP contribution in [0.4, 0.5) is 0 Å². The predicted octanol–water partition coefficient (Wildman–Crippen LogP) is 2.21. The van der Waals surface area contributed by atoms with Gasteiger partial charge in [0.05, 0.1) is 12.1 Å². The first kappa shape index (κ1) is 15.7. The Morgan fingerprint density at radius 3 is 2.61 bits per heavy atom. The topological polar surface area (TPSA) is 72.9 Å². The summed E-state index contributed by atoms with van der Waals surface area (Å²) in [5.41, 5.74) is 7.87. The number of hydrogen-bond acceptors (Lipinski definition) is 3. The number of carbonyl (C=O) groups is 1. The van der Waals surface area contributed by atoms with E-state index >= 15 is 0 Å². The van der Waals surface area contributed by atoms with Crippen molar-refractivity contribution in [2.75, 3.05) is 0 Å². The van der Waals surface area contributed by atoms with E-state index in [1.165, 1.54) is 6.42 Å². The minimum absolute atomic E-state index is 0.0221. The number of hydrogen-bond donors (Lipinski definition) is 2. The SMILES string of the molecule is NC1(C(=O)NCc2ccccc2Cn2cccn2)CCCCC1. The number of nitrogens with two attached hydrogens (primary N) is 1. The number of amides is 1. The first-order chi connectivity index (χ1) is 11.2. The Kier molecular flexibility index (Phi) is 4.76. The van der Waals surface area contributed by atoms with E-state index in [0.29, 0.717) is 13.1 Å². The Labute approximate surface area is 136 Å². The van der Waals surface area contributed by atoms with Gasteiger partial charge in [-0.05, 0) is 30.0 Å². The average Bonchev–Trinajstić information content (AvgIpc) is 3.07. The zero-order valence-electron chi connectivity index (χ0n) is 13.4. The van der Waals surface area contributed by atoms with Crippen molar-refractivity contribution in [1.82, 2.24) is 15.1 Å². The van der Waals surface area contributed by atoms with Crippen molar-refractivity contribution in [3.8, 4) is 0 Å². The van der Waals surface area contributed by atoms with Crippen LogP contribution in [0.5, 0.6) is 0 Å². The summed E-state index contributed by atoms with van der Waals surface area (Å²) in [6.07, 6.45) is 8.54. The second kappa shape index (κ2) is 6.96. The molecule has 0 radical (unpaired) electrons. The molecule has 1 saturated carbocycles. The van der Waals surface area contributed by atoms with E-state index < -0.39 is 5.54 Å². The van der Waals surface area contributed by atoms with Crippen LogP contribution in [-0.2, 0) is 17.9 Å². The maximum atomic E-state index is 12.5. The minimum atomic E-state index is -0.685. The summed E-state index contributed by atoms with van der Waals surface area (Å²) in [5, 5.41) is 7.28. The third-order valence-corrected chi connectivity index (χ3v) is 4.65. The van der Waals surface area contributed by atoms with Gasteiger partial charge in [-0.25, -0.2) is 0 Å². The van der Waals surface area contributed by atoms with E-state index in [9.17, 15) is 4.79 Å². The van der Waals surface area contributed by atoms with Crippen molar-refractivity contribution in [1.29, 1.82) is 0 Å². The third kappa shape index (κ3) is 3.79. The molecule has 122 valence electrons. The molecule has 1 amide bonds. The lowest BCUT2D eigenvalue weighted by Gasteiger charge is -2.31. The summed E-state index contributed by atoms with van der Waals surface area (Å²) >= 11 is 0.